The second-order valence-electron chi connectivity index (χ2n) is 5.70. The van der Waals surface area contributed by atoms with Crippen LogP contribution in [0.2, 0.25) is 0 Å². The molecule has 0 radical (unpaired) electrons. The molecule has 0 bridgehead atoms. The highest BCUT2D eigenvalue weighted by Gasteiger charge is 2.30. The number of benzene rings is 1. The van der Waals surface area contributed by atoms with Crippen LogP contribution >= 0.6 is 0 Å². The second kappa shape index (κ2) is 6.60. The minimum absolute atomic E-state index is 0.00323. The lowest BCUT2D eigenvalue weighted by molar-refractivity contribution is -0.114. The number of nitrogens with zero attached hydrogens (tertiary/aromatic N) is 2. The third-order valence-electron chi connectivity index (χ3n) is 4.03. The normalized spacial score (nSPS) is 17.1. The number of carbonyl (C=O) groups is 2. The number of carbonyl (C=O) groups excluding carboxylic acids is 2. The Morgan fingerprint density at radius 2 is 2.00 bits per heavy atom. The topological polar surface area (TPSA) is 62.3 Å². The maximum atomic E-state index is 12.9. The van der Waals surface area contributed by atoms with E-state index in [0.717, 1.165) is 24.9 Å². The number of hydrogen-bond acceptors (Lipinski definition) is 3. The monoisotopic (exact) mass is 309 g/mol. The van der Waals surface area contributed by atoms with Gasteiger partial charge in [-0.05, 0) is 48.7 Å². The van der Waals surface area contributed by atoms with Crippen LogP contribution < -0.4 is 5.32 Å². The van der Waals surface area contributed by atoms with Crippen molar-refractivity contribution in [2.45, 2.75) is 25.8 Å². The van der Waals surface area contributed by atoms with Gasteiger partial charge in [0.1, 0.15) is 0 Å². The zero-order chi connectivity index (χ0) is 16.2. The summed E-state index contributed by atoms with van der Waals surface area (Å²) in [5, 5.41) is 2.72. The van der Waals surface area contributed by atoms with Crippen molar-refractivity contribution in [3.63, 3.8) is 0 Å². The molecule has 0 unspecified atom stereocenters. The lowest BCUT2D eigenvalue weighted by atomic mass is 10.1. The lowest BCUT2D eigenvalue weighted by Crippen LogP contribution is -2.30. The molecular weight excluding hydrogens is 290 g/mol. The number of amides is 2. The van der Waals surface area contributed by atoms with Gasteiger partial charge in [0.05, 0.1) is 6.04 Å². The molecule has 1 aliphatic rings. The van der Waals surface area contributed by atoms with Crippen LogP contribution in [0, 0.1) is 0 Å². The summed E-state index contributed by atoms with van der Waals surface area (Å²) in [5.74, 6) is -0.151. The Morgan fingerprint density at radius 1 is 1.22 bits per heavy atom. The Hall–Kier alpha value is -2.69. The van der Waals surface area contributed by atoms with Crippen molar-refractivity contribution >= 4 is 17.5 Å². The molecule has 23 heavy (non-hydrogen) atoms. The summed E-state index contributed by atoms with van der Waals surface area (Å²) >= 11 is 0. The highest BCUT2D eigenvalue weighted by molar-refractivity contribution is 5.97. The van der Waals surface area contributed by atoms with Gasteiger partial charge >= 0.3 is 0 Å². The van der Waals surface area contributed by atoms with Crippen LogP contribution in [0.5, 0.6) is 0 Å². The largest absolute Gasteiger partial charge is 0.332 e. The van der Waals surface area contributed by atoms with Crippen LogP contribution in [0.4, 0.5) is 5.69 Å². The standard InChI is InChI=1S/C18H19N3O2/c1-13(22)20-16-5-2-4-15(12-16)18(23)21-11-3-6-17(21)14-7-9-19-10-8-14/h2,4-5,7-10,12,17H,3,6,11H2,1H3,(H,20,22)/t17-/m0/s1. The predicted molar refractivity (Wildman–Crippen MR) is 88.0 cm³/mol. The van der Waals surface area contributed by atoms with E-state index in [1.807, 2.05) is 17.0 Å². The van der Waals surface area contributed by atoms with Crippen LogP contribution in [-0.2, 0) is 4.79 Å². The van der Waals surface area contributed by atoms with Crippen molar-refractivity contribution in [3.8, 4) is 0 Å². The Bertz CT molecular complexity index is 715. The summed E-state index contributed by atoms with van der Waals surface area (Å²) in [4.78, 5) is 30.0. The third-order valence-corrected chi connectivity index (χ3v) is 4.03. The zero-order valence-electron chi connectivity index (χ0n) is 13.0. The van der Waals surface area contributed by atoms with Gasteiger partial charge in [-0.15, -0.1) is 0 Å². The number of nitrogens with one attached hydrogen (secondary N) is 1. The zero-order valence-corrected chi connectivity index (χ0v) is 13.0. The summed E-state index contributed by atoms with van der Waals surface area (Å²) in [6.45, 7) is 2.20. The highest BCUT2D eigenvalue weighted by atomic mass is 16.2. The smallest absolute Gasteiger partial charge is 0.254 e. The van der Waals surface area contributed by atoms with Crippen molar-refractivity contribution in [1.82, 2.24) is 9.88 Å². The van der Waals surface area contributed by atoms with E-state index in [1.165, 1.54) is 6.92 Å². The van der Waals surface area contributed by atoms with Gasteiger partial charge in [-0.3, -0.25) is 14.6 Å². The van der Waals surface area contributed by atoms with Gasteiger partial charge in [-0.2, -0.15) is 0 Å². The van der Waals surface area contributed by atoms with E-state index in [1.54, 1.807) is 36.7 Å². The van der Waals surface area contributed by atoms with Crippen molar-refractivity contribution in [2.75, 3.05) is 11.9 Å². The number of rotatable bonds is 3. The van der Waals surface area contributed by atoms with Gasteiger partial charge < -0.3 is 10.2 Å². The van der Waals surface area contributed by atoms with Gasteiger partial charge in [0.25, 0.3) is 5.91 Å². The Morgan fingerprint density at radius 3 is 2.74 bits per heavy atom. The van der Waals surface area contributed by atoms with Crippen LogP contribution in [0.15, 0.2) is 48.8 Å². The average Bonchev–Trinajstić information content (AvgIpc) is 3.04. The van der Waals surface area contributed by atoms with Gasteiger partial charge in [-0.25, -0.2) is 0 Å². The van der Waals surface area contributed by atoms with Gasteiger partial charge in [0.2, 0.25) is 5.91 Å². The highest BCUT2D eigenvalue weighted by Crippen LogP contribution is 2.33. The van der Waals surface area contributed by atoms with Crippen molar-refractivity contribution in [1.29, 1.82) is 0 Å². The molecule has 2 amide bonds. The fourth-order valence-electron chi connectivity index (χ4n) is 3.04. The molecule has 2 heterocycles. The molecule has 1 aliphatic heterocycles. The minimum atomic E-state index is -0.148. The molecule has 118 valence electrons. The molecule has 1 aromatic carbocycles. The predicted octanol–water partition coefficient (Wildman–Crippen LogP) is 3.02. The van der Waals surface area contributed by atoms with Crippen molar-refractivity contribution in [3.05, 3.63) is 59.9 Å². The number of hydrogen-bond donors (Lipinski definition) is 1. The van der Waals surface area contributed by atoms with E-state index in [2.05, 4.69) is 10.3 Å². The molecule has 1 atom stereocenters. The molecule has 1 fully saturated rings. The fraction of sp³-hybridized carbons (Fsp3) is 0.278. The SMILES string of the molecule is CC(=O)Nc1cccc(C(=O)N2CCC[C@H]2c2ccncc2)c1. The number of likely N-dealkylation sites (tertiary alicyclic amines) is 1. The third kappa shape index (κ3) is 3.39. The molecule has 1 saturated heterocycles. The van der Waals surface area contributed by atoms with E-state index >= 15 is 0 Å². The molecule has 5 nitrogen and oxygen atoms in total. The Balaban J connectivity index is 1.83. The van der Waals surface area contributed by atoms with E-state index in [-0.39, 0.29) is 17.9 Å². The van der Waals surface area contributed by atoms with Crippen LogP contribution in [0.1, 0.15) is 41.7 Å². The summed E-state index contributed by atoms with van der Waals surface area (Å²) in [5.41, 5.74) is 2.35. The van der Waals surface area contributed by atoms with Crippen molar-refractivity contribution < 1.29 is 9.59 Å². The maximum absolute atomic E-state index is 12.9. The second-order valence-corrected chi connectivity index (χ2v) is 5.70. The molecule has 1 aromatic heterocycles. The first-order valence-corrected chi connectivity index (χ1v) is 7.73. The first-order valence-electron chi connectivity index (χ1n) is 7.73. The molecule has 3 rings (SSSR count). The van der Waals surface area contributed by atoms with E-state index in [9.17, 15) is 9.59 Å². The molecule has 2 aromatic rings. The Kier molecular flexibility index (Phi) is 4.37. The summed E-state index contributed by atoms with van der Waals surface area (Å²) in [6, 6.07) is 11.1. The number of aromatic nitrogens is 1. The maximum Gasteiger partial charge on any atom is 0.254 e. The molecule has 0 aliphatic carbocycles. The van der Waals surface area contributed by atoms with Crippen LogP contribution in [0.25, 0.3) is 0 Å². The minimum Gasteiger partial charge on any atom is -0.332 e. The quantitative estimate of drug-likeness (QED) is 0.948. The summed E-state index contributed by atoms with van der Waals surface area (Å²) in [6.07, 6.45) is 5.46. The first-order chi connectivity index (χ1) is 11.1. The van der Waals surface area contributed by atoms with Crippen molar-refractivity contribution in [2.24, 2.45) is 0 Å². The molecule has 1 N–H and O–H groups in total. The molecule has 5 heteroatoms. The summed E-state index contributed by atoms with van der Waals surface area (Å²) in [7, 11) is 0. The summed E-state index contributed by atoms with van der Waals surface area (Å²) < 4.78 is 0. The van der Waals surface area contributed by atoms with Gasteiger partial charge in [0.15, 0.2) is 0 Å². The molecular formula is C18H19N3O2. The van der Waals surface area contributed by atoms with E-state index < -0.39 is 0 Å². The number of anilines is 1. The van der Waals surface area contributed by atoms with E-state index in [4.69, 9.17) is 0 Å². The van der Waals surface area contributed by atoms with Gasteiger partial charge in [0, 0.05) is 37.1 Å². The Labute approximate surface area is 135 Å². The van der Waals surface area contributed by atoms with E-state index in [0.29, 0.717) is 11.3 Å². The lowest BCUT2D eigenvalue weighted by Gasteiger charge is -2.25. The fourth-order valence-corrected chi connectivity index (χ4v) is 3.04. The molecule has 0 saturated carbocycles. The number of pyridine rings is 1. The molecule has 0 spiro atoms. The van der Waals surface area contributed by atoms with Crippen LogP contribution in [0.3, 0.4) is 0 Å². The van der Waals surface area contributed by atoms with Crippen LogP contribution in [-0.4, -0.2) is 28.2 Å². The average molecular weight is 309 g/mol. The first kappa shape index (κ1) is 15.2. The van der Waals surface area contributed by atoms with Gasteiger partial charge in [-0.1, -0.05) is 6.07 Å².